The van der Waals surface area contributed by atoms with E-state index in [2.05, 4.69) is 5.32 Å². The molecule has 0 spiro atoms. The first-order valence-electron chi connectivity index (χ1n) is 4.82. The van der Waals surface area contributed by atoms with Crippen molar-refractivity contribution in [3.05, 3.63) is 18.0 Å². The number of carboxylic acids is 1. The Hall–Kier alpha value is -1.78. The summed E-state index contributed by atoms with van der Waals surface area (Å²) in [6.07, 6.45) is 4.07. The van der Waals surface area contributed by atoms with Crippen molar-refractivity contribution in [3.8, 4) is 0 Å². The SMILES string of the molecule is CCCCn1cc(NC=O)cc1C(=O)O. The van der Waals surface area contributed by atoms with Crippen molar-refractivity contribution in [2.45, 2.75) is 26.3 Å². The van der Waals surface area contributed by atoms with Gasteiger partial charge < -0.3 is 15.0 Å². The van der Waals surface area contributed by atoms with Crippen LogP contribution in [0.25, 0.3) is 0 Å². The van der Waals surface area contributed by atoms with Crippen molar-refractivity contribution in [1.29, 1.82) is 0 Å². The molecule has 0 saturated heterocycles. The fourth-order valence-corrected chi connectivity index (χ4v) is 1.35. The Bertz CT molecular complexity index is 358. The summed E-state index contributed by atoms with van der Waals surface area (Å²) in [6.45, 7) is 2.69. The summed E-state index contributed by atoms with van der Waals surface area (Å²) in [4.78, 5) is 21.1. The van der Waals surface area contributed by atoms with Crippen LogP contribution in [0.2, 0.25) is 0 Å². The number of anilines is 1. The standard InChI is InChI=1S/C10H14N2O3/c1-2-3-4-12-6-8(11-7-13)5-9(12)10(14)15/h5-7H,2-4H2,1H3,(H,11,13)(H,14,15). The number of hydrogen-bond donors (Lipinski definition) is 2. The number of hydrogen-bond acceptors (Lipinski definition) is 2. The van der Waals surface area contributed by atoms with Gasteiger partial charge in [0, 0.05) is 12.7 Å². The number of nitrogens with zero attached hydrogens (tertiary/aromatic N) is 1. The summed E-state index contributed by atoms with van der Waals surface area (Å²) in [5.41, 5.74) is 0.714. The second-order valence-electron chi connectivity index (χ2n) is 3.23. The molecule has 1 aromatic heterocycles. The molecule has 0 aliphatic rings. The maximum absolute atomic E-state index is 10.9. The molecule has 2 N–H and O–H groups in total. The summed E-state index contributed by atoms with van der Waals surface area (Å²) in [7, 11) is 0. The number of rotatable bonds is 6. The van der Waals surface area contributed by atoms with Gasteiger partial charge in [0.2, 0.25) is 6.41 Å². The number of carboxylic acid groups (broad SMARTS) is 1. The van der Waals surface area contributed by atoms with E-state index in [1.807, 2.05) is 6.92 Å². The van der Waals surface area contributed by atoms with E-state index < -0.39 is 5.97 Å². The first-order valence-corrected chi connectivity index (χ1v) is 4.82. The largest absolute Gasteiger partial charge is 0.477 e. The quantitative estimate of drug-likeness (QED) is 0.700. The van der Waals surface area contributed by atoms with Gasteiger partial charge in [0.05, 0.1) is 5.69 Å². The highest BCUT2D eigenvalue weighted by Crippen LogP contribution is 2.14. The van der Waals surface area contributed by atoms with Crippen LogP contribution in [-0.4, -0.2) is 22.1 Å². The highest BCUT2D eigenvalue weighted by Gasteiger charge is 2.11. The molecule has 1 rings (SSSR count). The Morgan fingerprint density at radius 1 is 1.67 bits per heavy atom. The number of aryl methyl sites for hydroxylation is 1. The van der Waals surface area contributed by atoms with Crippen LogP contribution in [0.1, 0.15) is 30.3 Å². The Labute approximate surface area is 87.7 Å². The fraction of sp³-hybridized carbons (Fsp3) is 0.400. The van der Waals surface area contributed by atoms with E-state index in [4.69, 9.17) is 5.11 Å². The molecule has 5 nitrogen and oxygen atoms in total. The number of aromatic carboxylic acids is 1. The summed E-state index contributed by atoms with van der Waals surface area (Å²) in [5.74, 6) is -0.981. The van der Waals surface area contributed by atoms with Crippen LogP contribution in [0.15, 0.2) is 12.3 Å². The minimum Gasteiger partial charge on any atom is -0.477 e. The molecule has 0 saturated carbocycles. The van der Waals surface area contributed by atoms with Gasteiger partial charge in [-0.1, -0.05) is 13.3 Å². The molecule has 5 heteroatoms. The highest BCUT2D eigenvalue weighted by molar-refractivity contribution is 5.88. The summed E-state index contributed by atoms with van der Waals surface area (Å²) in [5, 5.41) is 11.3. The van der Waals surface area contributed by atoms with Crippen LogP contribution in [-0.2, 0) is 11.3 Å². The second-order valence-corrected chi connectivity index (χ2v) is 3.23. The predicted molar refractivity (Wildman–Crippen MR) is 56.0 cm³/mol. The van der Waals surface area contributed by atoms with Crippen molar-refractivity contribution in [2.24, 2.45) is 0 Å². The number of carbonyl (C=O) groups excluding carboxylic acids is 1. The number of carbonyl (C=O) groups is 2. The van der Waals surface area contributed by atoms with Crippen molar-refractivity contribution >= 4 is 18.1 Å². The molecule has 1 heterocycles. The molecule has 0 aromatic carbocycles. The van der Waals surface area contributed by atoms with Gasteiger partial charge in [0.25, 0.3) is 0 Å². The van der Waals surface area contributed by atoms with Crippen LogP contribution in [0, 0.1) is 0 Å². The second kappa shape index (κ2) is 5.19. The van der Waals surface area contributed by atoms with E-state index in [0.717, 1.165) is 12.8 Å². The lowest BCUT2D eigenvalue weighted by molar-refractivity contribution is -0.105. The third-order valence-electron chi connectivity index (χ3n) is 2.09. The van der Waals surface area contributed by atoms with E-state index in [9.17, 15) is 9.59 Å². The molecule has 1 amide bonds. The Morgan fingerprint density at radius 2 is 2.40 bits per heavy atom. The van der Waals surface area contributed by atoms with Crippen LogP contribution in [0.3, 0.4) is 0 Å². The lowest BCUT2D eigenvalue weighted by atomic mass is 10.3. The van der Waals surface area contributed by atoms with Gasteiger partial charge in [0.1, 0.15) is 5.69 Å². The van der Waals surface area contributed by atoms with Gasteiger partial charge in [-0.3, -0.25) is 4.79 Å². The molecule has 0 unspecified atom stereocenters. The maximum atomic E-state index is 10.9. The fourth-order valence-electron chi connectivity index (χ4n) is 1.35. The predicted octanol–water partition coefficient (Wildman–Crippen LogP) is 1.55. The zero-order valence-electron chi connectivity index (χ0n) is 8.56. The Kier molecular flexibility index (Phi) is 3.91. The van der Waals surface area contributed by atoms with Gasteiger partial charge >= 0.3 is 5.97 Å². The van der Waals surface area contributed by atoms with Crippen LogP contribution >= 0.6 is 0 Å². The van der Waals surface area contributed by atoms with E-state index in [-0.39, 0.29) is 5.69 Å². The van der Waals surface area contributed by atoms with Crippen molar-refractivity contribution in [3.63, 3.8) is 0 Å². The van der Waals surface area contributed by atoms with Crippen molar-refractivity contribution in [1.82, 2.24) is 4.57 Å². The number of aromatic nitrogens is 1. The smallest absolute Gasteiger partial charge is 0.352 e. The zero-order valence-corrected chi connectivity index (χ0v) is 8.56. The molecule has 82 valence electrons. The molecule has 0 aliphatic carbocycles. The normalized spacial score (nSPS) is 9.93. The van der Waals surface area contributed by atoms with Crippen LogP contribution in [0.5, 0.6) is 0 Å². The third-order valence-corrected chi connectivity index (χ3v) is 2.09. The van der Waals surface area contributed by atoms with Crippen molar-refractivity contribution < 1.29 is 14.7 Å². The summed E-state index contributed by atoms with van der Waals surface area (Å²) < 4.78 is 1.64. The van der Waals surface area contributed by atoms with Crippen LogP contribution in [0.4, 0.5) is 5.69 Å². The van der Waals surface area contributed by atoms with Crippen molar-refractivity contribution in [2.75, 3.05) is 5.32 Å². The zero-order chi connectivity index (χ0) is 11.3. The molecule has 0 radical (unpaired) electrons. The number of unbranched alkanes of at least 4 members (excludes halogenated alkanes) is 1. The molecule has 0 fully saturated rings. The van der Waals surface area contributed by atoms with Gasteiger partial charge in [0.15, 0.2) is 0 Å². The Balaban J connectivity index is 2.89. The highest BCUT2D eigenvalue weighted by atomic mass is 16.4. The van der Waals surface area contributed by atoms with E-state index in [1.165, 1.54) is 6.07 Å². The molecule has 0 aliphatic heterocycles. The molecular weight excluding hydrogens is 196 g/mol. The lowest BCUT2D eigenvalue weighted by Gasteiger charge is -2.03. The Morgan fingerprint density at radius 3 is 2.93 bits per heavy atom. The minimum atomic E-state index is -0.981. The van der Waals surface area contributed by atoms with E-state index in [0.29, 0.717) is 18.6 Å². The van der Waals surface area contributed by atoms with Gasteiger partial charge in [-0.25, -0.2) is 4.79 Å². The average molecular weight is 210 g/mol. The van der Waals surface area contributed by atoms with Gasteiger partial charge in [-0.05, 0) is 12.5 Å². The molecule has 15 heavy (non-hydrogen) atoms. The lowest BCUT2D eigenvalue weighted by Crippen LogP contribution is -2.07. The van der Waals surface area contributed by atoms with Gasteiger partial charge in [-0.2, -0.15) is 0 Å². The van der Waals surface area contributed by atoms with E-state index >= 15 is 0 Å². The summed E-state index contributed by atoms with van der Waals surface area (Å²) in [6, 6.07) is 1.45. The summed E-state index contributed by atoms with van der Waals surface area (Å²) >= 11 is 0. The molecule has 0 bridgehead atoms. The average Bonchev–Trinajstić information content (AvgIpc) is 2.59. The number of amides is 1. The maximum Gasteiger partial charge on any atom is 0.352 e. The third kappa shape index (κ3) is 2.83. The first-order chi connectivity index (χ1) is 7.19. The minimum absolute atomic E-state index is 0.202. The molecular formula is C10H14N2O3. The van der Waals surface area contributed by atoms with Crippen LogP contribution < -0.4 is 5.32 Å². The van der Waals surface area contributed by atoms with Gasteiger partial charge in [-0.15, -0.1) is 0 Å². The monoisotopic (exact) mass is 210 g/mol. The van der Waals surface area contributed by atoms with E-state index in [1.54, 1.807) is 10.8 Å². The number of nitrogens with one attached hydrogen (secondary N) is 1. The molecule has 0 atom stereocenters. The first kappa shape index (κ1) is 11.3. The topological polar surface area (TPSA) is 71.3 Å². The molecule has 1 aromatic rings.